The van der Waals surface area contributed by atoms with E-state index in [1.807, 2.05) is 24.3 Å². The van der Waals surface area contributed by atoms with E-state index in [2.05, 4.69) is 0 Å². The summed E-state index contributed by atoms with van der Waals surface area (Å²) in [4.78, 5) is 28.7. The van der Waals surface area contributed by atoms with Crippen molar-refractivity contribution in [2.24, 2.45) is 0 Å². The van der Waals surface area contributed by atoms with E-state index in [0.29, 0.717) is 39.5 Å². The van der Waals surface area contributed by atoms with Crippen LogP contribution in [0.25, 0.3) is 11.0 Å². The van der Waals surface area contributed by atoms with E-state index < -0.39 is 23.5 Å². The predicted molar refractivity (Wildman–Crippen MR) is 146 cm³/mol. The number of nitrogens with zero attached hydrogens (tertiary/aromatic N) is 1. The minimum Gasteiger partial charge on any atom is -0.503 e. The first kappa shape index (κ1) is 26.2. The number of fused-ring (bicyclic) bond motifs is 1. The van der Waals surface area contributed by atoms with E-state index >= 15 is 0 Å². The maximum atomic E-state index is 13.9. The summed E-state index contributed by atoms with van der Waals surface area (Å²) in [6.45, 7) is 0.247. The summed E-state index contributed by atoms with van der Waals surface area (Å²) < 4.78 is 21.8. The third-order valence-corrected chi connectivity index (χ3v) is 6.97. The molecular formula is C30H26ClNO7. The maximum absolute atomic E-state index is 13.9. The van der Waals surface area contributed by atoms with E-state index in [-0.39, 0.29) is 17.9 Å². The van der Waals surface area contributed by atoms with Crippen LogP contribution in [0, 0.1) is 0 Å². The Labute approximate surface area is 229 Å². The first-order valence-electron chi connectivity index (χ1n) is 12.2. The number of Topliss-reactive ketones (excluding diaryl/α,β-unsaturated/α-hetero) is 1. The van der Waals surface area contributed by atoms with Crippen molar-refractivity contribution in [3.63, 3.8) is 0 Å². The molecule has 0 aliphatic carbocycles. The highest BCUT2D eigenvalue weighted by Crippen LogP contribution is 2.41. The third-order valence-electron chi connectivity index (χ3n) is 6.75. The molecule has 1 amide bonds. The summed E-state index contributed by atoms with van der Waals surface area (Å²) in [6, 6.07) is 18.5. The average Bonchev–Trinajstić information content (AvgIpc) is 3.50. The molecule has 0 radical (unpaired) electrons. The van der Waals surface area contributed by atoms with Crippen LogP contribution >= 0.6 is 11.6 Å². The van der Waals surface area contributed by atoms with Crippen LogP contribution in [0.2, 0.25) is 5.02 Å². The zero-order chi connectivity index (χ0) is 27.7. The second kappa shape index (κ2) is 10.7. The van der Waals surface area contributed by atoms with Crippen LogP contribution in [0.4, 0.5) is 0 Å². The third kappa shape index (κ3) is 4.91. The lowest BCUT2D eigenvalue weighted by Crippen LogP contribution is -2.33. The van der Waals surface area contributed by atoms with Crippen molar-refractivity contribution in [1.29, 1.82) is 0 Å². The first-order chi connectivity index (χ1) is 18.8. The van der Waals surface area contributed by atoms with Crippen LogP contribution in [0.3, 0.4) is 0 Å². The number of hydrogen-bond acceptors (Lipinski definition) is 7. The Hall–Kier alpha value is -4.43. The molecule has 1 aliphatic rings. The Morgan fingerprint density at radius 3 is 2.41 bits per heavy atom. The zero-order valence-electron chi connectivity index (χ0n) is 21.6. The summed E-state index contributed by atoms with van der Waals surface area (Å²) in [6.07, 6.45) is 0.491. The van der Waals surface area contributed by atoms with Gasteiger partial charge in [-0.1, -0.05) is 35.9 Å². The molecule has 2 heterocycles. The average molecular weight is 548 g/mol. The molecule has 0 fully saturated rings. The SMILES string of the molecule is COc1ccc(CCN2C(=O)C(O)=C(C(=O)c3cc4cc(Cl)cc(OC)c4o3)C2c2cccc(OC)c2)cc1. The largest absolute Gasteiger partial charge is 0.503 e. The number of aliphatic hydroxyl groups is 1. The van der Waals surface area contributed by atoms with Gasteiger partial charge in [0, 0.05) is 23.0 Å². The molecule has 200 valence electrons. The molecule has 39 heavy (non-hydrogen) atoms. The molecule has 8 nitrogen and oxygen atoms in total. The van der Waals surface area contributed by atoms with Crippen molar-refractivity contribution >= 4 is 34.3 Å². The van der Waals surface area contributed by atoms with Gasteiger partial charge < -0.3 is 28.6 Å². The molecule has 0 spiro atoms. The van der Waals surface area contributed by atoms with Crippen LogP contribution in [0.1, 0.15) is 27.7 Å². The molecule has 0 saturated carbocycles. The van der Waals surface area contributed by atoms with Gasteiger partial charge in [0.25, 0.3) is 5.91 Å². The monoisotopic (exact) mass is 547 g/mol. The number of carbonyl (C=O) groups is 2. The molecule has 4 aromatic rings. The van der Waals surface area contributed by atoms with Gasteiger partial charge in [0.2, 0.25) is 5.78 Å². The maximum Gasteiger partial charge on any atom is 0.290 e. The number of furan rings is 1. The molecule has 5 rings (SSSR count). The smallest absolute Gasteiger partial charge is 0.290 e. The van der Waals surface area contributed by atoms with Crippen LogP contribution in [-0.4, -0.2) is 49.6 Å². The molecule has 1 atom stereocenters. The number of ether oxygens (including phenoxy) is 3. The number of benzene rings is 3. The van der Waals surface area contributed by atoms with Crippen LogP contribution in [0.5, 0.6) is 17.2 Å². The van der Waals surface area contributed by atoms with E-state index in [0.717, 1.165) is 11.3 Å². The number of ketones is 1. The van der Waals surface area contributed by atoms with Crippen molar-refractivity contribution in [2.75, 3.05) is 27.9 Å². The lowest BCUT2D eigenvalue weighted by Gasteiger charge is -2.27. The summed E-state index contributed by atoms with van der Waals surface area (Å²) >= 11 is 6.19. The summed E-state index contributed by atoms with van der Waals surface area (Å²) in [5.41, 5.74) is 1.84. The van der Waals surface area contributed by atoms with Crippen LogP contribution < -0.4 is 14.2 Å². The molecular weight excluding hydrogens is 522 g/mol. The minimum atomic E-state index is -0.864. The number of rotatable bonds is 9. The zero-order valence-corrected chi connectivity index (χ0v) is 22.3. The van der Waals surface area contributed by atoms with E-state index in [4.69, 9.17) is 30.2 Å². The van der Waals surface area contributed by atoms with Gasteiger partial charge in [0.15, 0.2) is 22.9 Å². The molecule has 1 aromatic heterocycles. The molecule has 3 aromatic carbocycles. The second-order valence-electron chi connectivity index (χ2n) is 9.00. The highest BCUT2D eigenvalue weighted by atomic mass is 35.5. The Bertz CT molecular complexity index is 1590. The lowest BCUT2D eigenvalue weighted by atomic mass is 9.94. The number of carbonyl (C=O) groups excluding carboxylic acids is 2. The second-order valence-corrected chi connectivity index (χ2v) is 9.44. The number of methoxy groups -OCH3 is 3. The van der Waals surface area contributed by atoms with Crippen molar-refractivity contribution in [3.8, 4) is 17.2 Å². The predicted octanol–water partition coefficient (Wildman–Crippen LogP) is 5.93. The lowest BCUT2D eigenvalue weighted by molar-refractivity contribution is -0.129. The summed E-state index contributed by atoms with van der Waals surface area (Å²) in [5, 5.41) is 12.0. The van der Waals surface area contributed by atoms with E-state index in [9.17, 15) is 14.7 Å². The number of amides is 1. The van der Waals surface area contributed by atoms with Gasteiger partial charge in [0.05, 0.1) is 32.9 Å². The Morgan fingerprint density at radius 1 is 0.974 bits per heavy atom. The molecule has 9 heteroatoms. The van der Waals surface area contributed by atoms with E-state index in [1.165, 1.54) is 25.2 Å². The normalized spacial score (nSPS) is 15.2. The molecule has 0 saturated heterocycles. The fourth-order valence-corrected chi connectivity index (χ4v) is 5.01. The van der Waals surface area contributed by atoms with Crippen LogP contribution in [-0.2, 0) is 11.2 Å². The number of hydrogen-bond donors (Lipinski definition) is 1. The highest BCUT2D eigenvalue weighted by molar-refractivity contribution is 6.31. The quantitative estimate of drug-likeness (QED) is 0.259. The fraction of sp³-hybridized carbons (Fsp3) is 0.200. The fourth-order valence-electron chi connectivity index (χ4n) is 4.80. The van der Waals surface area contributed by atoms with Crippen molar-refractivity contribution in [1.82, 2.24) is 4.90 Å². The standard InChI is InChI=1S/C30H26ClNO7/c1-36-21-9-7-17(8-10-21)11-12-32-26(18-5-4-6-22(14-18)37-2)25(28(34)30(32)35)27(33)23-15-19-13-20(31)16-24(38-3)29(19)39-23/h4-10,13-16,26,34H,11-12H2,1-3H3. The molecule has 1 unspecified atom stereocenters. The summed E-state index contributed by atoms with van der Waals surface area (Å²) in [5.74, 6) is -0.287. The van der Waals surface area contributed by atoms with Gasteiger partial charge in [-0.25, -0.2) is 0 Å². The van der Waals surface area contributed by atoms with Gasteiger partial charge >= 0.3 is 0 Å². The van der Waals surface area contributed by atoms with E-state index in [1.54, 1.807) is 43.5 Å². The topological polar surface area (TPSA) is 98.4 Å². The minimum absolute atomic E-state index is 0.0511. The molecule has 1 aliphatic heterocycles. The number of aliphatic hydroxyl groups excluding tert-OH is 1. The van der Waals surface area contributed by atoms with Gasteiger partial charge in [-0.15, -0.1) is 0 Å². The Balaban J connectivity index is 1.54. The van der Waals surface area contributed by atoms with Gasteiger partial charge in [0.1, 0.15) is 11.5 Å². The molecule has 0 bridgehead atoms. The first-order valence-corrected chi connectivity index (χ1v) is 12.5. The van der Waals surface area contributed by atoms with Crippen molar-refractivity contribution < 1.29 is 33.3 Å². The Kier molecular flexibility index (Phi) is 7.21. The highest BCUT2D eigenvalue weighted by Gasteiger charge is 2.44. The number of halogens is 1. The summed E-state index contributed by atoms with van der Waals surface area (Å²) in [7, 11) is 4.60. The van der Waals surface area contributed by atoms with Crippen molar-refractivity contribution in [3.05, 3.63) is 100.0 Å². The van der Waals surface area contributed by atoms with Gasteiger partial charge in [-0.05, 0) is 53.9 Å². The van der Waals surface area contributed by atoms with Crippen molar-refractivity contribution in [2.45, 2.75) is 12.5 Å². The van der Waals surface area contributed by atoms with Crippen LogP contribution in [0.15, 0.2) is 82.5 Å². The molecule has 1 N–H and O–H groups in total. The van der Waals surface area contributed by atoms with Gasteiger partial charge in [-0.2, -0.15) is 0 Å². The van der Waals surface area contributed by atoms with Gasteiger partial charge in [-0.3, -0.25) is 9.59 Å². The Morgan fingerprint density at radius 2 is 1.72 bits per heavy atom.